The van der Waals surface area contributed by atoms with Gasteiger partial charge in [0.1, 0.15) is 6.23 Å². The highest BCUT2D eigenvalue weighted by Crippen LogP contribution is 2.22. The number of hydrogen-bond donors (Lipinski definition) is 1. The normalized spacial score (nSPS) is 17.2. The van der Waals surface area contributed by atoms with Gasteiger partial charge in [-0.15, -0.1) is 24.8 Å². The van der Waals surface area contributed by atoms with Crippen LogP contribution in [0.5, 0.6) is 0 Å². The zero-order valence-electron chi connectivity index (χ0n) is 19.2. The molecule has 2 unspecified atom stereocenters. The minimum atomic E-state index is -0.449. The van der Waals surface area contributed by atoms with Crippen LogP contribution < -0.4 is 0 Å². The number of nitrogens with zero attached hydrogens (tertiary/aromatic N) is 2. The number of hydrogen-bond acceptors (Lipinski definition) is 4. The van der Waals surface area contributed by atoms with Crippen molar-refractivity contribution in [2.75, 3.05) is 32.7 Å². The van der Waals surface area contributed by atoms with E-state index in [0.29, 0.717) is 5.02 Å². The summed E-state index contributed by atoms with van der Waals surface area (Å²) in [5.74, 6) is 0. The third-order valence-electron chi connectivity index (χ3n) is 5.53. The molecule has 0 saturated carbocycles. The maximum Gasteiger partial charge on any atom is 0.115 e. The number of piperazine rings is 1. The summed E-state index contributed by atoms with van der Waals surface area (Å²) in [6.45, 7) is 11.2. The van der Waals surface area contributed by atoms with Gasteiger partial charge in [-0.25, -0.2) is 0 Å². The van der Waals surface area contributed by atoms with Gasteiger partial charge in [0.25, 0.3) is 0 Å². The van der Waals surface area contributed by atoms with Crippen LogP contribution in [0.4, 0.5) is 0 Å². The molecule has 32 heavy (non-hydrogen) atoms. The van der Waals surface area contributed by atoms with Gasteiger partial charge in [-0.1, -0.05) is 54.1 Å². The predicted molar refractivity (Wildman–Crippen MR) is 138 cm³/mol. The summed E-state index contributed by atoms with van der Waals surface area (Å²) in [5, 5.41) is 11.2. The largest absolute Gasteiger partial charge is 0.388 e. The minimum absolute atomic E-state index is 0. The highest BCUT2D eigenvalue weighted by atomic mass is 35.5. The molecular formula is C25H37Cl3N2O2. The van der Waals surface area contributed by atoms with Crippen LogP contribution in [-0.4, -0.2) is 59.5 Å². The lowest BCUT2D eigenvalue weighted by Crippen LogP contribution is -2.53. The summed E-state index contributed by atoms with van der Waals surface area (Å²) in [4.78, 5) is 4.90. The Hall–Kier alpha value is -0.850. The molecule has 1 aliphatic rings. The van der Waals surface area contributed by atoms with Crippen LogP contribution in [-0.2, 0) is 11.2 Å². The standard InChI is InChI=1S/C25H35ClN2O2.2ClH/c1-25(2,3)30-24(19-20-7-5-4-6-8-20)28-17-15-27(16-18-28)14-13-23(29)21-9-11-22(26)12-10-21;;/h4-12,23-24,29H,13-19H2,1-3H3;2*1H. The van der Waals surface area contributed by atoms with Crippen molar-refractivity contribution >= 4 is 36.4 Å². The van der Waals surface area contributed by atoms with E-state index in [4.69, 9.17) is 16.3 Å². The summed E-state index contributed by atoms with van der Waals surface area (Å²) in [6.07, 6.45) is 1.26. The summed E-state index contributed by atoms with van der Waals surface area (Å²) in [6, 6.07) is 18.1. The molecule has 180 valence electrons. The third kappa shape index (κ3) is 9.56. The average Bonchev–Trinajstić information content (AvgIpc) is 2.72. The highest BCUT2D eigenvalue weighted by molar-refractivity contribution is 6.30. The van der Waals surface area contributed by atoms with Gasteiger partial charge < -0.3 is 14.7 Å². The van der Waals surface area contributed by atoms with Gasteiger partial charge in [-0.05, 0) is 50.5 Å². The highest BCUT2D eigenvalue weighted by Gasteiger charge is 2.28. The first kappa shape index (κ1) is 29.2. The summed E-state index contributed by atoms with van der Waals surface area (Å²) in [5.41, 5.74) is 2.05. The lowest BCUT2D eigenvalue weighted by Gasteiger charge is -2.41. The molecule has 4 nitrogen and oxygen atoms in total. The van der Waals surface area contributed by atoms with E-state index in [-0.39, 0.29) is 36.6 Å². The number of benzene rings is 2. The molecule has 2 atom stereocenters. The Bertz CT molecular complexity index is 761. The molecule has 0 bridgehead atoms. The van der Waals surface area contributed by atoms with Crippen molar-refractivity contribution in [1.82, 2.24) is 9.80 Å². The molecular weight excluding hydrogens is 467 g/mol. The Morgan fingerprint density at radius 2 is 1.53 bits per heavy atom. The van der Waals surface area contributed by atoms with E-state index in [9.17, 15) is 5.11 Å². The van der Waals surface area contributed by atoms with E-state index in [1.807, 2.05) is 24.3 Å². The third-order valence-corrected chi connectivity index (χ3v) is 5.78. The van der Waals surface area contributed by atoms with Crippen molar-refractivity contribution in [2.45, 2.75) is 51.5 Å². The number of ether oxygens (including phenoxy) is 1. The van der Waals surface area contributed by atoms with Crippen LogP contribution in [0, 0.1) is 0 Å². The molecule has 1 heterocycles. The van der Waals surface area contributed by atoms with E-state index >= 15 is 0 Å². The van der Waals surface area contributed by atoms with Crippen molar-refractivity contribution in [2.24, 2.45) is 0 Å². The van der Waals surface area contributed by atoms with Crippen molar-refractivity contribution in [3.63, 3.8) is 0 Å². The fraction of sp³-hybridized carbons (Fsp3) is 0.520. The number of aliphatic hydroxyl groups excluding tert-OH is 1. The number of rotatable bonds is 8. The van der Waals surface area contributed by atoms with Crippen LogP contribution in [0.1, 0.15) is 44.4 Å². The van der Waals surface area contributed by atoms with Crippen LogP contribution in [0.25, 0.3) is 0 Å². The van der Waals surface area contributed by atoms with Gasteiger partial charge in [0, 0.05) is 44.2 Å². The molecule has 1 aliphatic heterocycles. The molecule has 0 aliphatic carbocycles. The summed E-state index contributed by atoms with van der Waals surface area (Å²) < 4.78 is 6.44. The zero-order chi connectivity index (χ0) is 21.6. The molecule has 0 amide bonds. The van der Waals surface area contributed by atoms with Gasteiger partial charge in [-0.3, -0.25) is 4.90 Å². The van der Waals surface area contributed by atoms with Crippen LogP contribution in [0.2, 0.25) is 5.02 Å². The Kier molecular flexibility index (Phi) is 12.5. The second-order valence-corrected chi connectivity index (χ2v) is 9.54. The Labute approximate surface area is 210 Å². The van der Waals surface area contributed by atoms with Gasteiger partial charge >= 0.3 is 0 Å². The van der Waals surface area contributed by atoms with Crippen molar-refractivity contribution in [1.29, 1.82) is 0 Å². The summed E-state index contributed by atoms with van der Waals surface area (Å²) >= 11 is 5.94. The minimum Gasteiger partial charge on any atom is -0.388 e. The molecule has 7 heteroatoms. The molecule has 1 fully saturated rings. The average molecular weight is 504 g/mol. The van der Waals surface area contributed by atoms with Gasteiger partial charge in [0.2, 0.25) is 0 Å². The van der Waals surface area contributed by atoms with Crippen LogP contribution in [0.15, 0.2) is 54.6 Å². The molecule has 0 radical (unpaired) electrons. The topological polar surface area (TPSA) is 35.9 Å². The number of halogens is 3. The molecule has 2 aromatic carbocycles. The molecule has 3 rings (SSSR count). The smallest absolute Gasteiger partial charge is 0.115 e. The predicted octanol–water partition coefficient (Wildman–Crippen LogP) is 5.61. The molecule has 0 aromatic heterocycles. The van der Waals surface area contributed by atoms with Gasteiger partial charge in [0.05, 0.1) is 11.7 Å². The quantitative estimate of drug-likeness (QED) is 0.508. The Morgan fingerprint density at radius 3 is 2.09 bits per heavy atom. The zero-order valence-corrected chi connectivity index (χ0v) is 21.6. The SMILES string of the molecule is CC(C)(C)OC(Cc1ccccc1)N1CCN(CCC(O)c2ccc(Cl)cc2)CC1.Cl.Cl. The lowest BCUT2D eigenvalue weighted by molar-refractivity contribution is -0.141. The fourth-order valence-corrected chi connectivity index (χ4v) is 4.03. The number of aliphatic hydroxyl groups is 1. The van der Waals surface area contributed by atoms with E-state index in [1.165, 1.54) is 5.56 Å². The second kappa shape index (κ2) is 13.8. The molecule has 1 saturated heterocycles. The van der Waals surface area contributed by atoms with E-state index < -0.39 is 6.10 Å². The molecule has 0 spiro atoms. The molecule has 1 N–H and O–H groups in total. The van der Waals surface area contributed by atoms with Gasteiger partial charge in [-0.2, -0.15) is 0 Å². The van der Waals surface area contributed by atoms with Crippen LogP contribution >= 0.6 is 36.4 Å². The monoisotopic (exact) mass is 502 g/mol. The first-order chi connectivity index (χ1) is 14.3. The first-order valence-corrected chi connectivity index (χ1v) is 11.3. The van der Waals surface area contributed by atoms with Crippen molar-refractivity contribution in [3.8, 4) is 0 Å². The second-order valence-electron chi connectivity index (χ2n) is 9.11. The first-order valence-electron chi connectivity index (χ1n) is 10.9. The van der Waals surface area contributed by atoms with Crippen molar-refractivity contribution in [3.05, 3.63) is 70.7 Å². The van der Waals surface area contributed by atoms with E-state index in [2.05, 4.69) is 60.9 Å². The van der Waals surface area contributed by atoms with Crippen molar-refractivity contribution < 1.29 is 9.84 Å². The van der Waals surface area contributed by atoms with Crippen LogP contribution in [0.3, 0.4) is 0 Å². The maximum absolute atomic E-state index is 10.5. The van der Waals surface area contributed by atoms with Gasteiger partial charge in [0.15, 0.2) is 0 Å². The lowest BCUT2D eigenvalue weighted by atomic mass is 10.1. The maximum atomic E-state index is 10.5. The molecule has 2 aromatic rings. The summed E-state index contributed by atoms with van der Waals surface area (Å²) in [7, 11) is 0. The fourth-order valence-electron chi connectivity index (χ4n) is 3.90. The Morgan fingerprint density at radius 1 is 0.938 bits per heavy atom. The van der Waals surface area contributed by atoms with E-state index in [1.54, 1.807) is 0 Å². The Balaban J connectivity index is 0.00000256. The van der Waals surface area contributed by atoms with E-state index in [0.717, 1.165) is 51.1 Å².